The zero-order valence-corrected chi connectivity index (χ0v) is 11.8. The van der Waals surface area contributed by atoms with Gasteiger partial charge in [0.15, 0.2) is 0 Å². The van der Waals surface area contributed by atoms with Gasteiger partial charge in [-0.1, -0.05) is 12.1 Å². The lowest BCUT2D eigenvalue weighted by Crippen LogP contribution is -2.49. The molecule has 114 valence electrons. The Morgan fingerprint density at radius 3 is 2.71 bits per heavy atom. The van der Waals surface area contributed by atoms with Gasteiger partial charge >= 0.3 is 5.97 Å². The quantitative estimate of drug-likeness (QED) is 0.860. The lowest BCUT2D eigenvalue weighted by Gasteiger charge is -2.25. The van der Waals surface area contributed by atoms with Gasteiger partial charge in [0.2, 0.25) is 5.91 Å². The van der Waals surface area contributed by atoms with Crippen LogP contribution in [-0.4, -0.2) is 36.2 Å². The summed E-state index contributed by atoms with van der Waals surface area (Å²) in [5, 5.41) is 11.9. The minimum Gasteiger partial charge on any atom is -0.481 e. The molecule has 1 aliphatic rings. The summed E-state index contributed by atoms with van der Waals surface area (Å²) >= 11 is 0. The van der Waals surface area contributed by atoms with Crippen molar-refractivity contribution in [3.05, 3.63) is 35.6 Å². The summed E-state index contributed by atoms with van der Waals surface area (Å²) in [6, 6.07) is 5.42. The number of carbonyl (C=O) groups excluding carboxylic acids is 1. The molecule has 0 saturated carbocycles. The fourth-order valence-electron chi connectivity index (χ4n) is 2.26. The molecule has 5 nitrogen and oxygen atoms in total. The minimum absolute atomic E-state index is 0.0885. The Bertz CT molecular complexity index is 531. The summed E-state index contributed by atoms with van der Waals surface area (Å²) in [6.45, 7) is 1.85. The van der Waals surface area contributed by atoms with E-state index in [0.29, 0.717) is 6.42 Å². The Hall–Kier alpha value is -1.95. The van der Waals surface area contributed by atoms with Crippen molar-refractivity contribution in [2.24, 2.45) is 5.41 Å². The Morgan fingerprint density at radius 1 is 1.43 bits per heavy atom. The maximum Gasteiger partial charge on any atom is 0.313 e. The molecule has 0 aliphatic carbocycles. The first kappa shape index (κ1) is 15.4. The van der Waals surface area contributed by atoms with Gasteiger partial charge in [0, 0.05) is 6.42 Å². The van der Waals surface area contributed by atoms with Crippen molar-refractivity contribution in [2.75, 3.05) is 13.2 Å². The van der Waals surface area contributed by atoms with E-state index in [2.05, 4.69) is 5.32 Å². The molecule has 2 unspecified atom stereocenters. The van der Waals surface area contributed by atoms with Crippen LogP contribution in [0.2, 0.25) is 0 Å². The number of carboxylic acids is 1. The molecule has 1 aromatic carbocycles. The number of aryl methyl sites for hydroxylation is 1. The van der Waals surface area contributed by atoms with Crippen LogP contribution < -0.4 is 5.32 Å². The van der Waals surface area contributed by atoms with Crippen LogP contribution in [0.15, 0.2) is 24.3 Å². The maximum absolute atomic E-state index is 12.8. The Balaban J connectivity index is 1.87. The minimum atomic E-state index is -1.09. The highest BCUT2D eigenvalue weighted by molar-refractivity contribution is 5.80. The largest absolute Gasteiger partial charge is 0.481 e. The number of carbonyl (C=O) groups is 2. The van der Waals surface area contributed by atoms with E-state index in [1.165, 1.54) is 12.1 Å². The van der Waals surface area contributed by atoms with Crippen LogP contribution in [0, 0.1) is 11.2 Å². The number of aliphatic carboxylic acids is 1. The molecule has 1 saturated heterocycles. The number of halogens is 1. The smallest absolute Gasteiger partial charge is 0.313 e. The summed E-state index contributed by atoms with van der Waals surface area (Å²) in [6.07, 6.45) is 0.696. The third-order valence-corrected chi connectivity index (χ3v) is 3.83. The standard InChI is InChI=1S/C15H18FNO4/c1-15(14(19)20)9-21-8-12(15)17-13(18)7-4-10-2-5-11(16)6-3-10/h2-3,5-6,12H,4,7-9H2,1H3,(H,17,18)(H,19,20). The van der Waals surface area contributed by atoms with Crippen molar-refractivity contribution in [1.82, 2.24) is 5.32 Å². The van der Waals surface area contributed by atoms with Crippen molar-refractivity contribution in [1.29, 1.82) is 0 Å². The van der Waals surface area contributed by atoms with Gasteiger partial charge in [-0.05, 0) is 31.0 Å². The third-order valence-electron chi connectivity index (χ3n) is 3.83. The van der Waals surface area contributed by atoms with Crippen LogP contribution in [0.3, 0.4) is 0 Å². The fraction of sp³-hybridized carbons (Fsp3) is 0.467. The maximum atomic E-state index is 12.8. The Morgan fingerprint density at radius 2 is 2.10 bits per heavy atom. The summed E-state index contributed by atoms with van der Waals surface area (Å²) in [5.74, 6) is -1.53. The SMILES string of the molecule is CC1(C(=O)O)COCC1NC(=O)CCc1ccc(F)cc1. The highest BCUT2D eigenvalue weighted by Crippen LogP contribution is 2.28. The summed E-state index contributed by atoms with van der Waals surface area (Å²) in [4.78, 5) is 23.2. The van der Waals surface area contributed by atoms with E-state index in [4.69, 9.17) is 4.74 Å². The fourth-order valence-corrected chi connectivity index (χ4v) is 2.26. The van der Waals surface area contributed by atoms with E-state index in [1.54, 1.807) is 19.1 Å². The van der Waals surface area contributed by atoms with Gasteiger partial charge in [-0.15, -0.1) is 0 Å². The van der Waals surface area contributed by atoms with Gasteiger partial charge in [-0.2, -0.15) is 0 Å². The van der Waals surface area contributed by atoms with Gasteiger partial charge in [-0.3, -0.25) is 9.59 Å². The van der Waals surface area contributed by atoms with E-state index in [1.807, 2.05) is 0 Å². The second-order valence-corrected chi connectivity index (χ2v) is 5.48. The molecule has 0 spiro atoms. The Labute approximate surface area is 122 Å². The van der Waals surface area contributed by atoms with Gasteiger partial charge in [0.25, 0.3) is 0 Å². The molecule has 1 heterocycles. The monoisotopic (exact) mass is 295 g/mol. The lowest BCUT2D eigenvalue weighted by molar-refractivity contribution is -0.149. The molecule has 0 radical (unpaired) electrons. The number of benzene rings is 1. The average molecular weight is 295 g/mol. The molecule has 1 fully saturated rings. The van der Waals surface area contributed by atoms with Crippen LogP contribution in [0.1, 0.15) is 18.9 Å². The lowest BCUT2D eigenvalue weighted by atomic mass is 9.85. The van der Waals surface area contributed by atoms with Crippen molar-refractivity contribution < 1.29 is 23.8 Å². The van der Waals surface area contributed by atoms with Gasteiger partial charge in [-0.25, -0.2) is 4.39 Å². The molecule has 2 atom stereocenters. The molecular formula is C15H18FNO4. The molecule has 0 aromatic heterocycles. The summed E-state index contributed by atoms with van der Waals surface area (Å²) < 4.78 is 17.9. The second kappa shape index (κ2) is 6.22. The first-order chi connectivity index (χ1) is 9.91. The molecule has 6 heteroatoms. The van der Waals surface area contributed by atoms with Crippen molar-refractivity contribution >= 4 is 11.9 Å². The predicted octanol–water partition coefficient (Wildman–Crippen LogP) is 1.36. The number of nitrogens with one attached hydrogen (secondary N) is 1. The van der Waals surface area contributed by atoms with Crippen molar-refractivity contribution in [2.45, 2.75) is 25.8 Å². The van der Waals surface area contributed by atoms with E-state index >= 15 is 0 Å². The molecule has 0 bridgehead atoms. The molecule has 1 amide bonds. The Kier molecular flexibility index (Phi) is 4.57. The zero-order valence-electron chi connectivity index (χ0n) is 11.8. The normalized spacial score (nSPS) is 24.8. The van der Waals surface area contributed by atoms with E-state index in [9.17, 15) is 19.1 Å². The van der Waals surface area contributed by atoms with Gasteiger partial charge in [0.05, 0.1) is 19.3 Å². The number of hydrogen-bond acceptors (Lipinski definition) is 3. The number of rotatable bonds is 5. The van der Waals surface area contributed by atoms with E-state index in [-0.39, 0.29) is 31.4 Å². The van der Waals surface area contributed by atoms with E-state index < -0.39 is 17.4 Å². The molecule has 1 aromatic rings. The number of hydrogen-bond donors (Lipinski definition) is 2. The summed E-state index contributed by atoms with van der Waals surface area (Å²) in [5.41, 5.74) is -0.235. The van der Waals surface area contributed by atoms with Crippen molar-refractivity contribution in [3.8, 4) is 0 Å². The highest BCUT2D eigenvalue weighted by atomic mass is 19.1. The number of carboxylic acid groups (broad SMARTS) is 1. The first-order valence-corrected chi connectivity index (χ1v) is 6.77. The molecule has 2 rings (SSSR count). The highest BCUT2D eigenvalue weighted by Gasteiger charge is 2.47. The van der Waals surface area contributed by atoms with E-state index in [0.717, 1.165) is 5.56 Å². The molecular weight excluding hydrogens is 277 g/mol. The third kappa shape index (κ3) is 3.58. The van der Waals surface area contributed by atoms with Crippen LogP contribution in [0.25, 0.3) is 0 Å². The summed E-state index contributed by atoms with van der Waals surface area (Å²) in [7, 11) is 0. The average Bonchev–Trinajstić information content (AvgIpc) is 2.81. The second-order valence-electron chi connectivity index (χ2n) is 5.48. The molecule has 1 aliphatic heterocycles. The molecule has 2 N–H and O–H groups in total. The van der Waals surface area contributed by atoms with Gasteiger partial charge in [0.1, 0.15) is 11.2 Å². The zero-order chi connectivity index (χ0) is 15.5. The molecule has 21 heavy (non-hydrogen) atoms. The van der Waals surface area contributed by atoms with Crippen molar-refractivity contribution in [3.63, 3.8) is 0 Å². The van der Waals surface area contributed by atoms with Crippen LogP contribution in [-0.2, 0) is 20.7 Å². The van der Waals surface area contributed by atoms with Crippen LogP contribution in [0.5, 0.6) is 0 Å². The van der Waals surface area contributed by atoms with Crippen LogP contribution in [0.4, 0.5) is 4.39 Å². The topological polar surface area (TPSA) is 75.6 Å². The number of ether oxygens (including phenoxy) is 1. The first-order valence-electron chi connectivity index (χ1n) is 6.77. The van der Waals surface area contributed by atoms with Crippen LogP contribution >= 0.6 is 0 Å². The van der Waals surface area contributed by atoms with Gasteiger partial charge < -0.3 is 15.2 Å². The predicted molar refractivity (Wildman–Crippen MR) is 73.2 cm³/mol. The number of amides is 1.